The summed E-state index contributed by atoms with van der Waals surface area (Å²) in [5.41, 5.74) is 3.36. The van der Waals surface area contributed by atoms with Crippen LogP contribution in [0, 0.1) is 6.92 Å². The van der Waals surface area contributed by atoms with E-state index in [-0.39, 0.29) is 17.7 Å². The number of aromatic nitrogens is 2. The molecule has 2 aromatic heterocycles. The molecule has 5 rings (SSSR count). The standard InChI is InChI=1S/C27H29N3O4S/c1-18-4-6-19(7-5-18)24-15-21-25(35-24)26(32)30(17-28-21)20-8-9-22(23(14-20)33-3)34-13-12-29-11-10-27(29,2)16-31/h4-9,14-15,17,31H,10-13,16H2,1-3H3. The molecule has 3 heterocycles. The van der Waals surface area contributed by atoms with Crippen molar-refractivity contribution in [3.63, 3.8) is 0 Å². The molecule has 0 aliphatic carbocycles. The van der Waals surface area contributed by atoms with E-state index < -0.39 is 0 Å². The van der Waals surface area contributed by atoms with Crippen molar-refractivity contribution in [1.82, 2.24) is 14.5 Å². The fourth-order valence-electron chi connectivity index (χ4n) is 4.36. The minimum Gasteiger partial charge on any atom is -0.493 e. The fraction of sp³-hybridized carbons (Fsp3) is 0.333. The minimum atomic E-state index is -0.148. The molecule has 4 aromatic rings. The lowest BCUT2D eigenvalue weighted by molar-refractivity contribution is -0.0458. The minimum absolute atomic E-state index is 0.116. The summed E-state index contributed by atoms with van der Waals surface area (Å²) in [6.45, 7) is 6.43. The first-order valence-electron chi connectivity index (χ1n) is 11.7. The highest BCUT2D eigenvalue weighted by Gasteiger charge is 2.39. The summed E-state index contributed by atoms with van der Waals surface area (Å²) in [5.74, 6) is 1.16. The van der Waals surface area contributed by atoms with E-state index in [9.17, 15) is 9.90 Å². The van der Waals surface area contributed by atoms with Crippen LogP contribution in [0.2, 0.25) is 0 Å². The third-order valence-electron chi connectivity index (χ3n) is 6.84. The number of ether oxygens (including phenoxy) is 2. The van der Waals surface area contributed by atoms with Gasteiger partial charge in [-0.3, -0.25) is 14.3 Å². The van der Waals surface area contributed by atoms with Gasteiger partial charge in [-0.25, -0.2) is 4.98 Å². The SMILES string of the molecule is COc1cc(-n2cnc3cc(-c4ccc(C)cc4)sc3c2=O)ccc1OCCN1CCC1(C)CO. The van der Waals surface area contributed by atoms with Crippen molar-refractivity contribution in [3.8, 4) is 27.6 Å². The molecule has 1 aliphatic rings. The number of rotatable bonds is 8. The van der Waals surface area contributed by atoms with Gasteiger partial charge < -0.3 is 14.6 Å². The zero-order valence-corrected chi connectivity index (χ0v) is 21.0. The lowest BCUT2D eigenvalue weighted by atomic mass is 9.88. The van der Waals surface area contributed by atoms with Crippen LogP contribution < -0.4 is 15.0 Å². The number of fused-ring (bicyclic) bond motifs is 1. The Morgan fingerprint density at radius 3 is 2.63 bits per heavy atom. The van der Waals surface area contributed by atoms with Gasteiger partial charge in [0.05, 0.1) is 24.9 Å². The van der Waals surface area contributed by atoms with E-state index in [2.05, 4.69) is 48.0 Å². The number of thiophene rings is 1. The molecular weight excluding hydrogens is 462 g/mol. The van der Waals surface area contributed by atoms with Crippen LogP contribution >= 0.6 is 11.3 Å². The van der Waals surface area contributed by atoms with Crippen molar-refractivity contribution in [3.05, 3.63) is 70.8 Å². The van der Waals surface area contributed by atoms with Gasteiger partial charge in [0.15, 0.2) is 11.5 Å². The largest absolute Gasteiger partial charge is 0.493 e. The molecule has 0 saturated carbocycles. The molecule has 0 amide bonds. The van der Waals surface area contributed by atoms with Crippen LogP contribution in [0.15, 0.2) is 59.7 Å². The van der Waals surface area contributed by atoms with Crippen LogP contribution in [0.4, 0.5) is 0 Å². The highest BCUT2D eigenvalue weighted by molar-refractivity contribution is 7.22. The molecule has 0 bridgehead atoms. The number of aliphatic hydroxyl groups is 1. The zero-order chi connectivity index (χ0) is 24.6. The van der Waals surface area contributed by atoms with Gasteiger partial charge in [0.1, 0.15) is 17.6 Å². The number of aryl methyl sites for hydroxylation is 1. The molecule has 1 unspecified atom stereocenters. The summed E-state index contributed by atoms with van der Waals surface area (Å²) in [6, 6.07) is 15.7. The Morgan fingerprint density at radius 2 is 1.94 bits per heavy atom. The first-order chi connectivity index (χ1) is 16.9. The van der Waals surface area contributed by atoms with E-state index in [0.717, 1.165) is 30.0 Å². The lowest BCUT2D eigenvalue weighted by Gasteiger charge is -2.49. The van der Waals surface area contributed by atoms with Crippen LogP contribution in [0.1, 0.15) is 18.9 Å². The molecule has 7 nitrogen and oxygen atoms in total. The first-order valence-corrected chi connectivity index (χ1v) is 12.5. The van der Waals surface area contributed by atoms with Gasteiger partial charge in [-0.1, -0.05) is 29.8 Å². The van der Waals surface area contributed by atoms with Gasteiger partial charge in [-0.2, -0.15) is 0 Å². The van der Waals surface area contributed by atoms with E-state index in [1.54, 1.807) is 19.5 Å². The zero-order valence-electron chi connectivity index (χ0n) is 20.2. The summed E-state index contributed by atoms with van der Waals surface area (Å²) >= 11 is 1.45. The van der Waals surface area contributed by atoms with Crippen molar-refractivity contribution in [2.45, 2.75) is 25.8 Å². The molecule has 2 aromatic carbocycles. The Kier molecular flexibility index (Phi) is 6.35. The maximum Gasteiger partial charge on any atom is 0.275 e. The van der Waals surface area contributed by atoms with E-state index in [1.807, 2.05) is 18.2 Å². The number of benzene rings is 2. The van der Waals surface area contributed by atoms with Crippen LogP contribution in [0.5, 0.6) is 11.5 Å². The molecule has 0 radical (unpaired) electrons. The quantitative estimate of drug-likeness (QED) is 0.397. The number of hydrogen-bond donors (Lipinski definition) is 1. The lowest BCUT2D eigenvalue weighted by Crippen LogP contribution is -2.60. The van der Waals surface area contributed by atoms with Gasteiger partial charge >= 0.3 is 0 Å². The molecule has 1 N–H and O–H groups in total. The van der Waals surface area contributed by atoms with Crippen LogP contribution in [0.25, 0.3) is 26.3 Å². The normalized spacial score (nSPS) is 17.9. The van der Waals surface area contributed by atoms with Crippen LogP contribution in [0.3, 0.4) is 0 Å². The summed E-state index contributed by atoms with van der Waals surface area (Å²) in [4.78, 5) is 21.1. The third-order valence-corrected chi connectivity index (χ3v) is 8.00. The van der Waals surface area contributed by atoms with E-state index in [4.69, 9.17) is 9.47 Å². The summed E-state index contributed by atoms with van der Waals surface area (Å²) in [5, 5.41) is 9.58. The average Bonchev–Trinajstić information content (AvgIpc) is 3.31. The Bertz CT molecular complexity index is 1410. The molecule has 1 fully saturated rings. The predicted octanol–water partition coefficient (Wildman–Crippen LogP) is 4.27. The number of nitrogens with zero attached hydrogens (tertiary/aromatic N) is 3. The van der Waals surface area contributed by atoms with Crippen molar-refractivity contribution in [1.29, 1.82) is 0 Å². The van der Waals surface area contributed by atoms with Crippen molar-refractivity contribution < 1.29 is 14.6 Å². The highest BCUT2D eigenvalue weighted by atomic mass is 32.1. The molecular formula is C27H29N3O4S. The topological polar surface area (TPSA) is 76.8 Å². The van der Waals surface area contributed by atoms with Gasteiger partial charge in [0.2, 0.25) is 0 Å². The smallest absolute Gasteiger partial charge is 0.275 e. The summed E-state index contributed by atoms with van der Waals surface area (Å²) in [6.07, 6.45) is 2.55. The molecule has 1 atom stereocenters. The second-order valence-corrected chi connectivity index (χ2v) is 10.2. The van der Waals surface area contributed by atoms with E-state index >= 15 is 0 Å². The van der Waals surface area contributed by atoms with Crippen molar-refractivity contribution in [2.24, 2.45) is 0 Å². The number of methoxy groups -OCH3 is 1. The Labute approximate surface area is 208 Å². The molecule has 182 valence electrons. The highest BCUT2D eigenvalue weighted by Crippen LogP contribution is 2.33. The van der Waals surface area contributed by atoms with E-state index in [1.165, 1.54) is 21.5 Å². The Balaban J connectivity index is 1.37. The van der Waals surface area contributed by atoms with Gasteiger partial charge in [0, 0.05) is 29.6 Å². The van der Waals surface area contributed by atoms with E-state index in [0.29, 0.717) is 34.0 Å². The van der Waals surface area contributed by atoms with Crippen LogP contribution in [-0.4, -0.2) is 58.5 Å². The predicted molar refractivity (Wildman–Crippen MR) is 139 cm³/mol. The monoisotopic (exact) mass is 491 g/mol. The van der Waals surface area contributed by atoms with Gasteiger partial charge in [-0.05, 0) is 44.0 Å². The van der Waals surface area contributed by atoms with Gasteiger partial charge in [-0.15, -0.1) is 11.3 Å². The molecule has 35 heavy (non-hydrogen) atoms. The summed E-state index contributed by atoms with van der Waals surface area (Å²) < 4.78 is 13.7. The molecule has 1 saturated heterocycles. The maximum absolute atomic E-state index is 13.3. The number of likely N-dealkylation sites (tertiary alicyclic amines) is 1. The van der Waals surface area contributed by atoms with Crippen molar-refractivity contribution >= 4 is 21.6 Å². The summed E-state index contributed by atoms with van der Waals surface area (Å²) in [7, 11) is 1.58. The fourth-order valence-corrected chi connectivity index (χ4v) is 5.41. The second-order valence-electron chi connectivity index (χ2n) is 9.19. The number of hydrogen-bond acceptors (Lipinski definition) is 7. The maximum atomic E-state index is 13.3. The molecule has 0 spiro atoms. The Morgan fingerprint density at radius 1 is 1.14 bits per heavy atom. The number of aliphatic hydroxyl groups excluding tert-OH is 1. The van der Waals surface area contributed by atoms with Crippen molar-refractivity contribution in [2.75, 3.05) is 33.4 Å². The Hall–Kier alpha value is -3.20. The van der Waals surface area contributed by atoms with Gasteiger partial charge in [0.25, 0.3) is 5.56 Å². The second kappa shape index (κ2) is 9.45. The third kappa shape index (κ3) is 4.45. The first kappa shape index (κ1) is 23.5. The average molecular weight is 492 g/mol. The molecule has 8 heteroatoms. The van der Waals surface area contributed by atoms with Crippen LogP contribution in [-0.2, 0) is 0 Å². The molecule has 1 aliphatic heterocycles.